The Balaban J connectivity index is 2.29. The van der Waals surface area contributed by atoms with E-state index in [1.165, 1.54) is 12.8 Å². The molecule has 0 spiro atoms. The zero-order valence-electron chi connectivity index (χ0n) is 9.20. The molecule has 0 amide bonds. The number of rotatable bonds is 2. The van der Waals surface area contributed by atoms with Crippen LogP contribution in [0.25, 0.3) is 0 Å². The predicted molar refractivity (Wildman–Crippen MR) is 60.5 cm³/mol. The van der Waals surface area contributed by atoms with Crippen LogP contribution < -0.4 is 16.2 Å². The van der Waals surface area contributed by atoms with Crippen LogP contribution >= 0.6 is 0 Å². The summed E-state index contributed by atoms with van der Waals surface area (Å²) in [5.41, 5.74) is 2.65. The minimum Gasteiger partial charge on any atom is -0.351 e. The van der Waals surface area contributed by atoms with Gasteiger partial charge in [-0.2, -0.15) is 4.98 Å². The number of aromatic nitrogens is 2. The fraction of sp³-hybridized carbons (Fsp3) is 0.600. The molecule has 0 saturated carbocycles. The molecule has 0 atom stereocenters. The van der Waals surface area contributed by atoms with Crippen LogP contribution in [0.5, 0.6) is 0 Å². The summed E-state index contributed by atoms with van der Waals surface area (Å²) >= 11 is 0. The number of hydrogen-bond acceptors (Lipinski definition) is 5. The molecule has 5 heteroatoms. The predicted octanol–water partition coefficient (Wildman–Crippen LogP) is 1.14. The van der Waals surface area contributed by atoms with Crippen LogP contribution in [0.1, 0.15) is 26.7 Å². The van der Waals surface area contributed by atoms with Crippen molar-refractivity contribution in [2.24, 2.45) is 5.84 Å². The smallest absolute Gasteiger partial charge is 0.239 e. The molecule has 1 aromatic heterocycles. The topological polar surface area (TPSA) is 67.1 Å². The molecule has 0 bridgehead atoms. The molecule has 1 aliphatic rings. The first kappa shape index (κ1) is 10.2. The van der Waals surface area contributed by atoms with E-state index in [2.05, 4.69) is 34.1 Å². The second-order valence-electron chi connectivity index (χ2n) is 4.45. The zero-order valence-corrected chi connectivity index (χ0v) is 9.20. The lowest BCUT2D eigenvalue weighted by Crippen LogP contribution is -2.38. The van der Waals surface area contributed by atoms with Gasteiger partial charge in [0.1, 0.15) is 5.82 Å². The first-order chi connectivity index (χ1) is 7.13. The van der Waals surface area contributed by atoms with E-state index in [4.69, 9.17) is 5.84 Å². The average molecular weight is 207 g/mol. The highest BCUT2D eigenvalue weighted by atomic mass is 15.3. The Labute approximate surface area is 89.7 Å². The SMILES string of the molecule is CC1(C)CCCN1c1ccnc(NN)n1. The van der Waals surface area contributed by atoms with Gasteiger partial charge in [0.05, 0.1) is 0 Å². The average Bonchev–Trinajstić information content (AvgIpc) is 2.58. The summed E-state index contributed by atoms with van der Waals surface area (Å²) in [4.78, 5) is 10.7. The highest BCUT2D eigenvalue weighted by Crippen LogP contribution is 2.32. The van der Waals surface area contributed by atoms with Crippen LogP contribution in [0, 0.1) is 0 Å². The Bertz CT molecular complexity index is 349. The van der Waals surface area contributed by atoms with Crippen molar-refractivity contribution in [2.45, 2.75) is 32.2 Å². The number of nitrogens with two attached hydrogens (primary N) is 1. The normalized spacial score (nSPS) is 19.3. The summed E-state index contributed by atoms with van der Waals surface area (Å²) in [6, 6.07) is 1.92. The second kappa shape index (κ2) is 3.66. The highest BCUT2D eigenvalue weighted by Gasteiger charge is 2.32. The molecule has 5 nitrogen and oxygen atoms in total. The van der Waals surface area contributed by atoms with Crippen LogP contribution in [0.4, 0.5) is 11.8 Å². The Kier molecular flexibility index (Phi) is 2.48. The van der Waals surface area contributed by atoms with E-state index in [1.807, 2.05) is 6.07 Å². The van der Waals surface area contributed by atoms with Crippen molar-refractivity contribution in [3.05, 3.63) is 12.3 Å². The number of hydrogen-bond donors (Lipinski definition) is 2. The fourth-order valence-electron chi connectivity index (χ4n) is 2.10. The lowest BCUT2D eigenvalue weighted by molar-refractivity contribution is 0.514. The molecule has 2 rings (SSSR count). The molecule has 82 valence electrons. The van der Waals surface area contributed by atoms with E-state index in [1.54, 1.807) is 6.20 Å². The van der Waals surface area contributed by atoms with Gasteiger partial charge in [-0.15, -0.1) is 0 Å². The van der Waals surface area contributed by atoms with E-state index < -0.39 is 0 Å². The molecular formula is C10H17N5. The Morgan fingerprint density at radius 2 is 2.33 bits per heavy atom. The van der Waals surface area contributed by atoms with Crippen molar-refractivity contribution in [1.82, 2.24) is 9.97 Å². The molecule has 1 saturated heterocycles. The van der Waals surface area contributed by atoms with Gasteiger partial charge in [0, 0.05) is 18.3 Å². The minimum absolute atomic E-state index is 0.181. The van der Waals surface area contributed by atoms with Crippen LogP contribution in [0.15, 0.2) is 12.3 Å². The number of nitrogens with one attached hydrogen (secondary N) is 1. The van der Waals surface area contributed by atoms with Gasteiger partial charge in [0.25, 0.3) is 0 Å². The maximum atomic E-state index is 5.29. The summed E-state index contributed by atoms with van der Waals surface area (Å²) < 4.78 is 0. The molecule has 1 fully saturated rings. The summed E-state index contributed by atoms with van der Waals surface area (Å²) in [6.07, 6.45) is 4.14. The number of nitrogens with zero attached hydrogens (tertiary/aromatic N) is 3. The number of anilines is 2. The number of nitrogen functional groups attached to an aromatic ring is 1. The molecular weight excluding hydrogens is 190 g/mol. The van der Waals surface area contributed by atoms with Crippen LogP contribution in [0.2, 0.25) is 0 Å². The van der Waals surface area contributed by atoms with Gasteiger partial charge in [0.15, 0.2) is 0 Å². The lowest BCUT2D eigenvalue weighted by Gasteiger charge is -2.32. The maximum absolute atomic E-state index is 5.29. The molecule has 15 heavy (non-hydrogen) atoms. The Morgan fingerprint density at radius 3 is 2.93 bits per heavy atom. The van der Waals surface area contributed by atoms with Gasteiger partial charge >= 0.3 is 0 Å². The minimum atomic E-state index is 0.181. The monoisotopic (exact) mass is 207 g/mol. The van der Waals surface area contributed by atoms with E-state index in [0.29, 0.717) is 5.95 Å². The third kappa shape index (κ3) is 1.87. The molecule has 1 aromatic rings. The van der Waals surface area contributed by atoms with Crippen molar-refractivity contribution in [3.8, 4) is 0 Å². The van der Waals surface area contributed by atoms with Crippen molar-refractivity contribution >= 4 is 11.8 Å². The van der Waals surface area contributed by atoms with E-state index in [-0.39, 0.29) is 5.54 Å². The summed E-state index contributed by atoms with van der Waals surface area (Å²) in [6.45, 7) is 5.52. The second-order valence-corrected chi connectivity index (χ2v) is 4.45. The van der Waals surface area contributed by atoms with Crippen molar-refractivity contribution in [3.63, 3.8) is 0 Å². The van der Waals surface area contributed by atoms with Crippen molar-refractivity contribution < 1.29 is 0 Å². The van der Waals surface area contributed by atoms with Crippen molar-refractivity contribution in [1.29, 1.82) is 0 Å². The highest BCUT2D eigenvalue weighted by molar-refractivity contribution is 5.45. The van der Waals surface area contributed by atoms with Gasteiger partial charge in [0.2, 0.25) is 5.95 Å². The molecule has 1 aliphatic heterocycles. The maximum Gasteiger partial charge on any atom is 0.239 e. The van der Waals surface area contributed by atoms with Gasteiger partial charge in [-0.05, 0) is 32.8 Å². The Hall–Kier alpha value is -1.36. The van der Waals surface area contributed by atoms with Crippen LogP contribution in [0.3, 0.4) is 0 Å². The molecule has 2 heterocycles. The molecule has 0 unspecified atom stereocenters. The van der Waals surface area contributed by atoms with Crippen LogP contribution in [-0.4, -0.2) is 22.1 Å². The van der Waals surface area contributed by atoms with Gasteiger partial charge in [-0.1, -0.05) is 0 Å². The first-order valence-corrected chi connectivity index (χ1v) is 5.21. The lowest BCUT2D eigenvalue weighted by atomic mass is 10.0. The summed E-state index contributed by atoms with van der Waals surface area (Å²) in [5, 5.41) is 0. The van der Waals surface area contributed by atoms with E-state index in [9.17, 15) is 0 Å². The fourth-order valence-corrected chi connectivity index (χ4v) is 2.10. The number of hydrazine groups is 1. The molecule has 3 N–H and O–H groups in total. The zero-order chi connectivity index (χ0) is 10.9. The first-order valence-electron chi connectivity index (χ1n) is 5.21. The van der Waals surface area contributed by atoms with Crippen molar-refractivity contribution in [2.75, 3.05) is 16.9 Å². The third-order valence-electron chi connectivity index (χ3n) is 2.95. The van der Waals surface area contributed by atoms with Gasteiger partial charge in [-0.3, -0.25) is 5.43 Å². The van der Waals surface area contributed by atoms with E-state index in [0.717, 1.165) is 12.4 Å². The molecule has 0 aliphatic carbocycles. The Morgan fingerprint density at radius 1 is 1.53 bits per heavy atom. The molecule has 0 aromatic carbocycles. The summed E-state index contributed by atoms with van der Waals surface area (Å²) in [7, 11) is 0. The largest absolute Gasteiger partial charge is 0.351 e. The van der Waals surface area contributed by atoms with Crippen LogP contribution in [-0.2, 0) is 0 Å². The summed E-state index contributed by atoms with van der Waals surface area (Å²) in [5.74, 6) is 6.70. The third-order valence-corrected chi connectivity index (χ3v) is 2.95. The quantitative estimate of drug-likeness (QED) is 0.562. The standard InChI is InChI=1S/C10H17N5/c1-10(2)5-3-7-15(10)8-4-6-12-9(13-8)14-11/h4,6H,3,5,7,11H2,1-2H3,(H,12,13,14). The van der Waals surface area contributed by atoms with Gasteiger partial charge in [-0.25, -0.2) is 10.8 Å². The van der Waals surface area contributed by atoms with Gasteiger partial charge < -0.3 is 4.90 Å². The van der Waals surface area contributed by atoms with E-state index >= 15 is 0 Å². The molecule has 0 radical (unpaired) electrons.